The highest BCUT2D eigenvalue weighted by atomic mass is 32.2. The number of thiophene rings is 1. The largest absolute Gasteiger partial charge is 0.383 e. The summed E-state index contributed by atoms with van der Waals surface area (Å²) >= 11 is 1.36. The number of nitrogens with two attached hydrogens (primary N) is 1. The Labute approximate surface area is 106 Å². The monoisotopic (exact) mass is 278 g/mol. The van der Waals surface area contributed by atoms with Crippen LogP contribution < -0.4 is 5.73 Å². The molecule has 0 saturated carbocycles. The van der Waals surface area contributed by atoms with E-state index in [-0.39, 0.29) is 12.6 Å². The first kappa shape index (κ1) is 14.6. The molecule has 1 atom stereocenters. The van der Waals surface area contributed by atoms with Crippen molar-refractivity contribution in [2.75, 3.05) is 20.8 Å². The van der Waals surface area contributed by atoms with Gasteiger partial charge in [0.1, 0.15) is 0 Å². The number of likely N-dealkylation sites (N-methyl/N-ethyl adjacent to an activating group) is 1. The molecule has 0 amide bonds. The van der Waals surface area contributed by atoms with Crippen LogP contribution in [0.1, 0.15) is 11.8 Å². The molecule has 0 aromatic carbocycles. The molecule has 0 fully saturated rings. The molecule has 0 bridgehead atoms. The zero-order chi connectivity index (χ0) is 13.1. The standard InChI is InChI=1S/C10H18N2O3S2/c1-8(7-15-3)12(2)17(13,14)10-4-5-16-9(10)6-11/h4-5,8H,6-7,11H2,1-3H3. The fourth-order valence-electron chi connectivity index (χ4n) is 1.45. The average Bonchev–Trinajstić information content (AvgIpc) is 2.76. The van der Waals surface area contributed by atoms with Gasteiger partial charge in [0.05, 0.1) is 11.5 Å². The molecular formula is C10H18N2O3S2. The minimum Gasteiger partial charge on any atom is -0.383 e. The van der Waals surface area contributed by atoms with Crippen LogP contribution in [0.4, 0.5) is 0 Å². The maximum absolute atomic E-state index is 12.3. The van der Waals surface area contributed by atoms with Crippen LogP contribution in [0, 0.1) is 0 Å². The van der Waals surface area contributed by atoms with E-state index in [0.29, 0.717) is 16.4 Å². The maximum atomic E-state index is 12.3. The molecule has 5 nitrogen and oxygen atoms in total. The van der Waals surface area contributed by atoms with E-state index in [0.717, 1.165) is 0 Å². The topological polar surface area (TPSA) is 72.6 Å². The summed E-state index contributed by atoms with van der Waals surface area (Å²) in [6, 6.07) is 1.38. The number of methoxy groups -OCH3 is 1. The van der Waals surface area contributed by atoms with Crippen LogP contribution in [0.5, 0.6) is 0 Å². The highest BCUT2D eigenvalue weighted by molar-refractivity contribution is 7.89. The maximum Gasteiger partial charge on any atom is 0.244 e. The lowest BCUT2D eigenvalue weighted by Gasteiger charge is -2.23. The summed E-state index contributed by atoms with van der Waals surface area (Å²) in [6.45, 7) is 2.39. The SMILES string of the molecule is COCC(C)N(C)S(=O)(=O)c1ccsc1CN. The van der Waals surface area contributed by atoms with Crippen molar-refractivity contribution in [1.29, 1.82) is 0 Å². The van der Waals surface area contributed by atoms with Crippen LogP contribution >= 0.6 is 11.3 Å². The van der Waals surface area contributed by atoms with Gasteiger partial charge in [0.15, 0.2) is 0 Å². The highest BCUT2D eigenvalue weighted by Crippen LogP contribution is 2.25. The fourth-order valence-corrected chi connectivity index (χ4v) is 4.10. The minimum absolute atomic E-state index is 0.212. The normalized spacial score (nSPS) is 14.2. The van der Waals surface area contributed by atoms with Crippen molar-refractivity contribution in [3.05, 3.63) is 16.3 Å². The van der Waals surface area contributed by atoms with Crippen LogP contribution in [0.15, 0.2) is 16.3 Å². The van der Waals surface area contributed by atoms with E-state index in [2.05, 4.69) is 0 Å². The Morgan fingerprint density at radius 2 is 2.24 bits per heavy atom. The van der Waals surface area contributed by atoms with E-state index < -0.39 is 10.0 Å². The van der Waals surface area contributed by atoms with Crippen molar-refractivity contribution >= 4 is 21.4 Å². The molecule has 0 radical (unpaired) electrons. The van der Waals surface area contributed by atoms with Crippen LogP contribution in [-0.4, -0.2) is 39.5 Å². The first-order valence-corrected chi connectivity index (χ1v) is 7.50. The minimum atomic E-state index is -3.48. The second-order valence-electron chi connectivity index (χ2n) is 3.74. The Hall–Kier alpha value is -0.470. The van der Waals surface area contributed by atoms with Crippen LogP contribution in [-0.2, 0) is 21.3 Å². The van der Waals surface area contributed by atoms with E-state index in [4.69, 9.17) is 10.5 Å². The van der Waals surface area contributed by atoms with Gasteiger partial charge in [-0.25, -0.2) is 8.42 Å². The summed E-state index contributed by atoms with van der Waals surface area (Å²) in [6.07, 6.45) is 0. The number of hydrogen-bond acceptors (Lipinski definition) is 5. The highest BCUT2D eigenvalue weighted by Gasteiger charge is 2.27. The second kappa shape index (κ2) is 5.92. The Morgan fingerprint density at radius 3 is 2.76 bits per heavy atom. The lowest BCUT2D eigenvalue weighted by Crippen LogP contribution is -2.38. The fraction of sp³-hybridized carbons (Fsp3) is 0.600. The van der Waals surface area contributed by atoms with Gasteiger partial charge in [0.25, 0.3) is 0 Å². The zero-order valence-corrected chi connectivity index (χ0v) is 11.8. The molecule has 1 aromatic rings. The van der Waals surface area contributed by atoms with Crippen molar-refractivity contribution in [3.63, 3.8) is 0 Å². The number of rotatable bonds is 6. The molecule has 0 aliphatic rings. The Bertz CT molecular complexity index is 456. The third-order valence-corrected chi connectivity index (χ3v) is 5.70. The quantitative estimate of drug-likeness (QED) is 0.838. The van der Waals surface area contributed by atoms with E-state index in [1.807, 2.05) is 0 Å². The molecule has 1 rings (SSSR count). The van der Waals surface area contributed by atoms with E-state index in [1.54, 1.807) is 32.5 Å². The number of sulfonamides is 1. The van der Waals surface area contributed by atoms with Crippen molar-refractivity contribution < 1.29 is 13.2 Å². The zero-order valence-electron chi connectivity index (χ0n) is 10.2. The van der Waals surface area contributed by atoms with Gasteiger partial charge < -0.3 is 10.5 Å². The molecular weight excluding hydrogens is 260 g/mol. The molecule has 0 aliphatic carbocycles. The number of hydrogen-bond donors (Lipinski definition) is 1. The first-order chi connectivity index (χ1) is 7.95. The van der Waals surface area contributed by atoms with Crippen molar-refractivity contribution in [2.24, 2.45) is 5.73 Å². The van der Waals surface area contributed by atoms with Crippen LogP contribution in [0.3, 0.4) is 0 Å². The van der Waals surface area contributed by atoms with Gasteiger partial charge in [-0.3, -0.25) is 0 Å². The van der Waals surface area contributed by atoms with Crippen LogP contribution in [0.25, 0.3) is 0 Å². The summed E-state index contributed by atoms with van der Waals surface area (Å²) in [5.74, 6) is 0. The first-order valence-electron chi connectivity index (χ1n) is 5.18. The van der Waals surface area contributed by atoms with E-state index >= 15 is 0 Å². The second-order valence-corrected chi connectivity index (χ2v) is 6.70. The molecule has 2 N–H and O–H groups in total. The van der Waals surface area contributed by atoms with Gasteiger partial charge in [-0.2, -0.15) is 4.31 Å². The van der Waals surface area contributed by atoms with Crippen molar-refractivity contribution in [3.8, 4) is 0 Å². The molecule has 1 unspecified atom stereocenters. The van der Waals surface area contributed by atoms with Gasteiger partial charge in [0.2, 0.25) is 10.0 Å². The molecule has 1 heterocycles. The summed E-state index contributed by atoms with van der Waals surface area (Å²) < 4.78 is 30.9. The van der Waals surface area contributed by atoms with Crippen molar-refractivity contribution in [2.45, 2.75) is 24.4 Å². The predicted octanol–water partition coefficient (Wildman–Crippen LogP) is 0.862. The Balaban J connectivity index is 3.03. The molecule has 1 aromatic heterocycles. The molecule has 7 heteroatoms. The van der Waals surface area contributed by atoms with Gasteiger partial charge in [0, 0.05) is 31.6 Å². The summed E-state index contributed by atoms with van der Waals surface area (Å²) in [4.78, 5) is 0.983. The van der Waals surface area contributed by atoms with Gasteiger partial charge in [-0.05, 0) is 18.4 Å². The summed E-state index contributed by atoms with van der Waals surface area (Å²) in [7, 11) is -0.375. The Morgan fingerprint density at radius 1 is 1.59 bits per heavy atom. The lowest BCUT2D eigenvalue weighted by atomic mass is 10.4. The molecule has 98 valence electrons. The summed E-state index contributed by atoms with van der Waals surface area (Å²) in [5, 5.41) is 1.74. The smallest absolute Gasteiger partial charge is 0.244 e. The van der Waals surface area contributed by atoms with Crippen LogP contribution in [0.2, 0.25) is 0 Å². The Kier molecular flexibility index (Phi) is 5.08. The average molecular weight is 278 g/mol. The molecule has 0 spiro atoms. The number of nitrogens with zero attached hydrogens (tertiary/aromatic N) is 1. The molecule has 0 saturated heterocycles. The van der Waals surface area contributed by atoms with Crippen molar-refractivity contribution in [1.82, 2.24) is 4.31 Å². The van der Waals surface area contributed by atoms with Gasteiger partial charge >= 0.3 is 0 Å². The van der Waals surface area contributed by atoms with E-state index in [9.17, 15) is 8.42 Å². The number of ether oxygens (including phenoxy) is 1. The summed E-state index contributed by atoms with van der Waals surface area (Å²) in [5.41, 5.74) is 5.53. The molecule has 17 heavy (non-hydrogen) atoms. The van der Waals surface area contributed by atoms with Gasteiger partial charge in [-0.15, -0.1) is 11.3 Å². The van der Waals surface area contributed by atoms with E-state index in [1.165, 1.54) is 15.6 Å². The third-order valence-electron chi connectivity index (χ3n) is 2.58. The van der Waals surface area contributed by atoms with Gasteiger partial charge in [-0.1, -0.05) is 0 Å². The predicted molar refractivity (Wildman–Crippen MR) is 68.5 cm³/mol. The third kappa shape index (κ3) is 3.05. The lowest BCUT2D eigenvalue weighted by molar-refractivity contribution is 0.149. The molecule has 0 aliphatic heterocycles.